The summed E-state index contributed by atoms with van der Waals surface area (Å²) in [7, 11) is 0. The lowest BCUT2D eigenvalue weighted by molar-refractivity contribution is 0.0462. The molecule has 2 aromatic rings. The van der Waals surface area contributed by atoms with E-state index in [-0.39, 0.29) is 11.7 Å². The van der Waals surface area contributed by atoms with Gasteiger partial charge in [0.05, 0.1) is 6.61 Å². The molecule has 1 saturated heterocycles. The van der Waals surface area contributed by atoms with Crippen LogP contribution in [0.1, 0.15) is 23.2 Å². The minimum Gasteiger partial charge on any atom is -0.381 e. The molecule has 0 amide bonds. The zero-order valence-electron chi connectivity index (χ0n) is 9.91. The summed E-state index contributed by atoms with van der Waals surface area (Å²) in [5, 5.41) is 1.61. The number of carbonyl (C=O) groups is 1. The summed E-state index contributed by atoms with van der Waals surface area (Å²) in [4.78, 5) is 15.5. The Balaban J connectivity index is 1.96. The molecule has 1 aliphatic heterocycles. The first-order valence-corrected chi connectivity index (χ1v) is 6.52. The number of fused-ring (bicyclic) bond motifs is 1. The first-order chi connectivity index (χ1) is 8.75. The van der Waals surface area contributed by atoms with E-state index in [1.165, 1.54) is 0 Å². The van der Waals surface area contributed by atoms with E-state index >= 15 is 0 Å². The van der Waals surface area contributed by atoms with E-state index in [2.05, 4.69) is 4.98 Å². The summed E-state index contributed by atoms with van der Waals surface area (Å²) in [6, 6.07) is 5.54. The molecule has 0 saturated carbocycles. The first-order valence-electron chi connectivity index (χ1n) is 6.14. The van der Waals surface area contributed by atoms with E-state index in [0.29, 0.717) is 11.6 Å². The number of benzene rings is 1. The maximum absolute atomic E-state index is 12.4. The molecule has 94 valence electrons. The Labute approximate surface area is 110 Å². The number of ketones is 1. The zero-order chi connectivity index (χ0) is 12.5. The van der Waals surface area contributed by atoms with Crippen LogP contribution >= 0.6 is 11.6 Å². The van der Waals surface area contributed by atoms with Crippen LogP contribution in [0, 0.1) is 5.92 Å². The molecule has 18 heavy (non-hydrogen) atoms. The minimum atomic E-state index is -0.00609. The molecule has 0 spiro atoms. The highest BCUT2D eigenvalue weighted by Gasteiger charge is 2.24. The SMILES string of the molecule is O=C(c1c[nH]c2cc(Cl)ccc12)C1CCCOC1. The summed E-state index contributed by atoms with van der Waals surface area (Å²) in [6.07, 6.45) is 3.65. The van der Waals surface area contributed by atoms with Crippen molar-refractivity contribution in [2.75, 3.05) is 13.2 Å². The third kappa shape index (κ3) is 2.04. The van der Waals surface area contributed by atoms with Gasteiger partial charge in [-0.25, -0.2) is 0 Å². The fourth-order valence-electron chi connectivity index (χ4n) is 2.47. The summed E-state index contributed by atoms with van der Waals surface area (Å²) < 4.78 is 5.38. The number of carbonyl (C=O) groups excluding carboxylic acids is 1. The predicted molar refractivity (Wildman–Crippen MR) is 71.2 cm³/mol. The van der Waals surface area contributed by atoms with Gasteiger partial charge in [-0.05, 0) is 25.0 Å². The number of ether oxygens (including phenoxy) is 1. The Hall–Kier alpha value is -1.32. The first kappa shape index (κ1) is 11.8. The number of aromatic nitrogens is 1. The van der Waals surface area contributed by atoms with Crippen molar-refractivity contribution >= 4 is 28.3 Å². The summed E-state index contributed by atoms with van der Waals surface area (Å²) >= 11 is 5.93. The molecule has 1 fully saturated rings. The number of nitrogens with one attached hydrogen (secondary N) is 1. The normalized spacial score (nSPS) is 20.2. The quantitative estimate of drug-likeness (QED) is 0.844. The topological polar surface area (TPSA) is 42.1 Å². The fourth-order valence-corrected chi connectivity index (χ4v) is 2.64. The Bertz CT molecular complexity index is 584. The molecule has 0 bridgehead atoms. The number of hydrogen-bond acceptors (Lipinski definition) is 2. The van der Waals surface area contributed by atoms with Crippen LogP contribution in [0.5, 0.6) is 0 Å². The van der Waals surface area contributed by atoms with Crippen molar-refractivity contribution in [3.8, 4) is 0 Å². The van der Waals surface area contributed by atoms with E-state index < -0.39 is 0 Å². The largest absolute Gasteiger partial charge is 0.381 e. The van der Waals surface area contributed by atoms with Gasteiger partial charge in [0.15, 0.2) is 5.78 Å². The number of rotatable bonds is 2. The Morgan fingerprint density at radius 2 is 2.33 bits per heavy atom. The highest BCUT2D eigenvalue weighted by atomic mass is 35.5. The molecular formula is C14H14ClNO2. The molecule has 0 aliphatic carbocycles. The van der Waals surface area contributed by atoms with Gasteiger partial charge in [0.1, 0.15) is 0 Å². The van der Waals surface area contributed by atoms with Crippen LogP contribution in [-0.2, 0) is 4.74 Å². The van der Waals surface area contributed by atoms with E-state index in [0.717, 1.165) is 35.9 Å². The van der Waals surface area contributed by atoms with Gasteiger partial charge in [-0.2, -0.15) is 0 Å². The molecule has 1 aliphatic rings. The van der Waals surface area contributed by atoms with Gasteiger partial charge in [0, 0.05) is 40.2 Å². The van der Waals surface area contributed by atoms with Crippen molar-refractivity contribution in [3.63, 3.8) is 0 Å². The maximum Gasteiger partial charge on any atom is 0.170 e. The Kier molecular flexibility index (Phi) is 3.10. The molecule has 1 aromatic heterocycles. The second-order valence-electron chi connectivity index (χ2n) is 4.67. The van der Waals surface area contributed by atoms with Crippen molar-refractivity contribution < 1.29 is 9.53 Å². The highest BCUT2D eigenvalue weighted by molar-refractivity contribution is 6.31. The van der Waals surface area contributed by atoms with Crippen molar-refractivity contribution in [2.45, 2.75) is 12.8 Å². The van der Waals surface area contributed by atoms with Crippen molar-refractivity contribution in [1.29, 1.82) is 0 Å². The average Bonchev–Trinajstić information content (AvgIpc) is 2.81. The van der Waals surface area contributed by atoms with Gasteiger partial charge in [-0.3, -0.25) is 4.79 Å². The van der Waals surface area contributed by atoms with Crippen LogP contribution in [-0.4, -0.2) is 24.0 Å². The fraction of sp³-hybridized carbons (Fsp3) is 0.357. The molecule has 0 radical (unpaired) electrons. The van der Waals surface area contributed by atoms with Gasteiger partial charge in [-0.1, -0.05) is 17.7 Å². The standard InChI is InChI=1S/C14H14ClNO2/c15-10-3-4-11-12(7-16-13(11)6-10)14(17)9-2-1-5-18-8-9/h3-4,6-7,9,16H,1-2,5,8H2. The summed E-state index contributed by atoms with van der Waals surface area (Å²) in [5.41, 5.74) is 1.65. The predicted octanol–water partition coefficient (Wildman–Crippen LogP) is 3.43. The highest BCUT2D eigenvalue weighted by Crippen LogP contribution is 2.26. The number of H-pyrrole nitrogens is 1. The molecule has 1 unspecified atom stereocenters. The van der Waals surface area contributed by atoms with Gasteiger partial charge in [0.25, 0.3) is 0 Å². The summed E-state index contributed by atoms with van der Waals surface area (Å²) in [5.74, 6) is 0.164. The molecule has 1 aromatic carbocycles. The van der Waals surface area contributed by atoms with Gasteiger partial charge in [0.2, 0.25) is 0 Å². The minimum absolute atomic E-state index is 0.00609. The Morgan fingerprint density at radius 3 is 3.11 bits per heavy atom. The molecule has 4 heteroatoms. The zero-order valence-corrected chi connectivity index (χ0v) is 10.7. The summed E-state index contributed by atoms with van der Waals surface area (Å²) in [6.45, 7) is 1.31. The number of Topliss-reactive ketones (excluding diaryl/α,β-unsaturated/α-hetero) is 1. The van der Waals surface area contributed by atoms with Crippen LogP contribution in [0.2, 0.25) is 5.02 Å². The van der Waals surface area contributed by atoms with E-state index in [1.54, 1.807) is 6.20 Å². The second-order valence-corrected chi connectivity index (χ2v) is 5.11. The van der Waals surface area contributed by atoms with Gasteiger partial charge in [-0.15, -0.1) is 0 Å². The van der Waals surface area contributed by atoms with Crippen LogP contribution < -0.4 is 0 Å². The number of aromatic amines is 1. The smallest absolute Gasteiger partial charge is 0.170 e. The third-order valence-electron chi connectivity index (χ3n) is 3.44. The molecule has 1 N–H and O–H groups in total. The van der Waals surface area contributed by atoms with Gasteiger partial charge < -0.3 is 9.72 Å². The van der Waals surface area contributed by atoms with E-state index in [9.17, 15) is 4.79 Å². The molecule has 3 nitrogen and oxygen atoms in total. The lowest BCUT2D eigenvalue weighted by Crippen LogP contribution is -2.25. The third-order valence-corrected chi connectivity index (χ3v) is 3.68. The lowest BCUT2D eigenvalue weighted by Gasteiger charge is -2.20. The van der Waals surface area contributed by atoms with Crippen molar-refractivity contribution in [2.24, 2.45) is 5.92 Å². The van der Waals surface area contributed by atoms with E-state index in [4.69, 9.17) is 16.3 Å². The molecule has 1 atom stereocenters. The van der Waals surface area contributed by atoms with Crippen LogP contribution in [0.3, 0.4) is 0 Å². The average molecular weight is 264 g/mol. The van der Waals surface area contributed by atoms with Crippen molar-refractivity contribution in [1.82, 2.24) is 4.98 Å². The second kappa shape index (κ2) is 4.75. The van der Waals surface area contributed by atoms with Crippen molar-refractivity contribution in [3.05, 3.63) is 35.0 Å². The number of halogens is 1. The monoisotopic (exact) mass is 263 g/mol. The Morgan fingerprint density at radius 1 is 1.44 bits per heavy atom. The van der Waals surface area contributed by atoms with Gasteiger partial charge >= 0.3 is 0 Å². The number of hydrogen-bond donors (Lipinski definition) is 1. The molecule has 2 heterocycles. The van der Waals surface area contributed by atoms with Crippen LogP contribution in [0.4, 0.5) is 0 Å². The van der Waals surface area contributed by atoms with Crippen LogP contribution in [0.15, 0.2) is 24.4 Å². The maximum atomic E-state index is 12.4. The molecular weight excluding hydrogens is 250 g/mol. The van der Waals surface area contributed by atoms with E-state index in [1.807, 2.05) is 18.2 Å². The van der Waals surface area contributed by atoms with Crippen LogP contribution in [0.25, 0.3) is 10.9 Å². The molecule has 3 rings (SSSR count). The lowest BCUT2D eigenvalue weighted by atomic mass is 9.92.